The number of carbonyl (C=O) groups is 1. The largest absolute Gasteiger partial charge is 0.466 e. The van der Waals surface area contributed by atoms with E-state index in [0.717, 1.165) is 5.56 Å². The number of hydrogen-bond acceptors (Lipinski definition) is 4. The molecule has 0 saturated heterocycles. The summed E-state index contributed by atoms with van der Waals surface area (Å²) in [6, 6.07) is 30.9. The van der Waals surface area contributed by atoms with Gasteiger partial charge in [0.05, 0.1) is 26.4 Å². The van der Waals surface area contributed by atoms with Gasteiger partial charge in [-0.15, -0.1) is 0 Å². The summed E-state index contributed by atoms with van der Waals surface area (Å²) in [5.74, 6) is -0.418. The van der Waals surface area contributed by atoms with Crippen LogP contribution in [0.1, 0.15) is 26.3 Å². The minimum atomic E-state index is -2.71. The average molecular weight is 475 g/mol. The molecule has 3 aromatic rings. The Labute approximate surface area is 204 Å². The summed E-state index contributed by atoms with van der Waals surface area (Å²) in [5.41, 5.74) is 1.06. The lowest BCUT2D eigenvalue weighted by molar-refractivity contribution is -0.134. The highest BCUT2D eigenvalue weighted by Gasteiger charge is 2.50. The van der Waals surface area contributed by atoms with E-state index in [0.29, 0.717) is 13.2 Å². The van der Waals surface area contributed by atoms with Crippen LogP contribution in [0.25, 0.3) is 0 Å². The Morgan fingerprint density at radius 3 is 1.82 bits per heavy atom. The molecule has 0 aliphatic heterocycles. The zero-order chi connectivity index (χ0) is 24.4. The second kappa shape index (κ2) is 11.9. The summed E-state index contributed by atoms with van der Waals surface area (Å²) >= 11 is 0. The molecular formula is C29H34O4Si. The highest BCUT2D eigenvalue weighted by atomic mass is 28.4. The number of methoxy groups -OCH3 is 1. The van der Waals surface area contributed by atoms with Gasteiger partial charge in [-0.25, -0.2) is 4.79 Å². The van der Waals surface area contributed by atoms with E-state index in [1.807, 2.05) is 42.5 Å². The van der Waals surface area contributed by atoms with E-state index in [4.69, 9.17) is 13.9 Å². The molecule has 0 fully saturated rings. The third-order valence-corrected chi connectivity index (χ3v) is 10.8. The van der Waals surface area contributed by atoms with Crippen LogP contribution in [0.3, 0.4) is 0 Å². The van der Waals surface area contributed by atoms with E-state index in [9.17, 15) is 4.79 Å². The summed E-state index contributed by atoms with van der Waals surface area (Å²) in [6.07, 6.45) is 2.72. The highest BCUT2D eigenvalue weighted by Crippen LogP contribution is 2.37. The highest BCUT2D eigenvalue weighted by molar-refractivity contribution is 6.99. The molecule has 34 heavy (non-hydrogen) atoms. The Balaban J connectivity index is 1.95. The van der Waals surface area contributed by atoms with Gasteiger partial charge in [0.15, 0.2) is 0 Å². The first-order chi connectivity index (χ1) is 16.4. The molecule has 0 bridgehead atoms. The Morgan fingerprint density at radius 2 is 1.35 bits per heavy atom. The van der Waals surface area contributed by atoms with Crippen LogP contribution in [0.5, 0.6) is 0 Å². The molecule has 178 valence electrons. The molecule has 0 spiro atoms. The number of rotatable bonds is 10. The zero-order valence-corrected chi connectivity index (χ0v) is 21.4. The van der Waals surface area contributed by atoms with Crippen molar-refractivity contribution in [1.82, 2.24) is 0 Å². The summed E-state index contributed by atoms with van der Waals surface area (Å²) in [5, 5.41) is 2.26. The van der Waals surface area contributed by atoms with Crippen molar-refractivity contribution in [2.75, 3.05) is 13.7 Å². The minimum Gasteiger partial charge on any atom is -0.466 e. The summed E-state index contributed by atoms with van der Waals surface area (Å²) in [6.45, 7) is 7.45. The molecule has 0 aliphatic rings. The van der Waals surface area contributed by atoms with E-state index in [1.165, 1.54) is 23.6 Å². The molecule has 3 aromatic carbocycles. The van der Waals surface area contributed by atoms with Gasteiger partial charge < -0.3 is 13.9 Å². The third kappa shape index (κ3) is 6.32. The van der Waals surface area contributed by atoms with E-state index in [-0.39, 0.29) is 5.04 Å². The van der Waals surface area contributed by atoms with Crippen LogP contribution in [-0.2, 0) is 25.3 Å². The Hall–Kier alpha value is -2.99. The number of carbonyl (C=O) groups excluding carboxylic acids is 1. The van der Waals surface area contributed by atoms with Crippen LogP contribution >= 0.6 is 0 Å². The van der Waals surface area contributed by atoms with Gasteiger partial charge in [0.25, 0.3) is 8.32 Å². The number of hydrogen-bond donors (Lipinski definition) is 0. The average Bonchev–Trinajstić information content (AvgIpc) is 2.86. The van der Waals surface area contributed by atoms with Crippen LogP contribution in [0.2, 0.25) is 5.04 Å². The van der Waals surface area contributed by atoms with Crippen molar-refractivity contribution in [3.05, 3.63) is 109 Å². The summed E-state index contributed by atoms with van der Waals surface area (Å²) < 4.78 is 18.0. The molecule has 0 saturated carbocycles. The normalized spacial score (nSPS) is 13.1. The van der Waals surface area contributed by atoms with Gasteiger partial charge in [-0.1, -0.05) is 112 Å². The predicted octanol–water partition coefficient (Wildman–Crippen LogP) is 4.88. The standard InChI is InChI=1S/C29H34O4Si/c1-29(2,3)34(26-16-10-6-11-17-26,27-18-12-7-13-19-27)33-23-25(20-21-28(30)31-4)32-22-24-14-8-5-9-15-24/h5-21,25H,22-23H2,1-4H3/b21-20-/t25-/m0/s1. The fourth-order valence-corrected chi connectivity index (χ4v) is 8.73. The van der Waals surface area contributed by atoms with Gasteiger partial charge in [0, 0.05) is 6.08 Å². The fraction of sp³-hybridized carbons (Fsp3) is 0.276. The zero-order valence-electron chi connectivity index (χ0n) is 20.4. The molecule has 0 N–H and O–H groups in total. The quantitative estimate of drug-likeness (QED) is 0.239. The van der Waals surface area contributed by atoms with Crippen molar-refractivity contribution in [3.8, 4) is 0 Å². The van der Waals surface area contributed by atoms with Crippen molar-refractivity contribution in [3.63, 3.8) is 0 Å². The molecule has 0 amide bonds. The van der Waals surface area contributed by atoms with Gasteiger partial charge in [-0.2, -0.15) is 0 Å². The van der Waals surface area contributed by atoms with E-state index in [2.05, 4.69) is 69.3 Å². The maximum atomic E-state index is 11.8. The van der Waals surface area contributed by atoms with Gasteiger partial charge in [0.1, 0.15) is 0 Å². The van der Waals surface area contributed by atoms with Crippen LogP contribution < -0.4 is 10.4 Å². The maximum Gasteiger partial charge on any atom is 0.330 e. The molecule has 4 nitrogen and oxygen atoms in total. The van der Waals surface area contributed by atoms with Crippen LogP contribution in [0.15, 0.2) is 103 Å². The smallest absolute Gasteiger partial charge is 0.330 e. The minimum absolute atomic E-state index is 0.147. The molecular weight excluding hydrogens is 440 g/mol. The van der Waals surface area contributed by atoms with Crippen molar-refractivity contribution >= 4 is 24.7 Å². The number of esters is 1. The van der Waals surface area contributed by atoms with Crippen molar-refractivity contribution in [2.24, 2.45) is 0 Å². The molecule has 0 aliphatic carbocycles. The number of ether oxygens (including phenoxy) is 2. The lowest BCUT2D eigenvalue weighted by Crippen LogP contribution is -2.67. The Kier molecular flexibility index (Phi) is 8.99. The molecule has 0 radical (unpaired) electrons. The lowest BCUT2D eigenvalue weighted by Gasteiger charge is -2.43. The van der Waals surface area contributed by atoms with Crippen LogP contribution in [0, 0.1) is 0 Å². The van der Waals surface area contributed by atoms with Crippen molar-refractivity contribution in [2.45, 2.75) is 38.5 Å². The first-order valence-corrected chi connectivity index (χ1v) is 13.4. The van der Waals surface area contributed by atoms with Crippen molar-refractivity contribution < 1.29 is 18.7 Å². The molecule has 0 unspecified atom stereocenters. The maximum absolute atomic E-state index is 11.8. The Bertz CT molecular complexity index is 1000. The first kappa shape index (κ1) is 25.6. The summed E-state index contributed by atoms with van der Waals surface area (Å²) in [7, 11) is -1.35. The summed E-state index contributed by atoms with van der Waals surface area (Å²) in [4.78, 5) is 11.8. The van der Waals surface area contributed by atoms with Gasteiger partial charge >= 0.3 is 5.97 Å². The molecule has 5 heteroatoms. The second-order valence-corrected chi connectivity index (χ2v) is 13.5. The lowest BCUT2D eigenvalue weighted by atomic mass is 10.2. The fourth-order valence-electron chi connectivity index (χ4n) is 4.16. The first-order valence-electron chi connectivity index (χ1n) is 11.5. The Morgan fingerprint density at radius 1 is 0.853 bits per heavy atom. The second-order valence-electron chi connectivity index (χ2n) is 9.19. The molecule has 3 rings (SSSR count). The van der Waals surface area contributed by atoms with E-state index in [1.54, 1.807) is 6.08 Å². The molecule has 1 atom stereocenters. The van der Waals surface area contributed by atoms with Gasteiger partial charge in [-0.05, 0) is 27.1 Å². The van der Waals surface area contributed by atoms with Gasteiger partial charge in [-0.3, -0.25) is 0 Å². The topological polar surface area (TPSA) is 44.8 Å². The van der Waals surface area contributed by atoms with Crippen LogP contribution in [-0.4, -0.2) is 34.1 Å². The SMILES string of the molecule is COC(=O)/C=C\[C@@H](CO[Si](c1ccccc1)(c1ccccc1)C(C)(C)C)OCc1ccccc1. The predicted molar refractivity (Wildman–Crippen MR) is 140 cm³/mol. The van der Waals surface area contributed by atoms with Gasteiger partial charge in [0.2, 0.25) is 0 Å². The molecule has 0 aromatic heterocycles. The van der Waals surface area contributed by atoms with Crippen molar-refractivity contribution in [1.29, 1.82) is 0 Å². The third-order valence-electron chi connectivity index (χ3n) is 5.84. The monoisotopic (exact) mass is 474 g/mol. The molecule has 0 heterocycles. The number of benzene rings is 3. The van der Waals surface area contributed by atoms with E-state index >= 15 is 0 Å². The van der Waals surface area contributed by atoms with Crippen LogP contribution in [0.4, 0.5) is 0 Å². The van der Waals surface area contributed by atoms with E-state index < -0.39 is 20.4 Å².